The molecule has 0 aromatic heterocycles. The molecule has 3 N–H and O–H groups in total. The molecule has 8 atom stereocenters. The maximum atomic E-state index is 9.24. The van der Waals surface area contributed by atoms with Gasteiger partial charge in [-0.3, -0.25) is 0 Å². The summed E-state index contributed by atoms with van der Waals surface area (Å²) in [7, 11) is 1.64. The Labute approximate surface area is 320 Å². The summed E-state index contributed by atoms with van der Waals surface area (Å²) in [4.78, 5) is 0. The SMILES string of the molecule is CC(O)COC(C)COC(C)COC(C)COC(C)COC(C)COC(C)COC(C)CO.COCCOCCOCCOCCOCCOCCO. The van der Waals surface area contributed by atoms with Crippen LogP contribution in [0.4, 0.5) is 0 Å². The summed E-state index contributed by atoms with van der Waals surface area (Å²) < 4.78 is 70.8. The van der Waals surface area contributed by atoms with E-state index in [2.05, 4.69) is 0 Å². The molecule has 0 aromatic rings. The Hall–Kier alpha value is -0.640. The number of ether oxygens (including phenoxy) is 13. The first-order valence-electron chi connectivity index (χ1n) is 19.0. The van der Waals surface area contributed by atoms with Crippen LogP contribution < -0.4 is 0 Å². The summed E-state index contributed by atoms with van der Waals surface area (Å²) in [5, 5.41) is 26.7. The van der Waals surface area contributed by atoms with Gasteiger partial charge in [-0.05, 0) is 55.4 Å². The van der Waals surface area contributed by atoms with Gasteiger partial charge in [0.25, 0.3) is 0 Å². The van der Waals surface area contributed by atoms with Crippen LogP contribution in [0.15, 0.2) is 0 Å². The van der Waals surface area contributed by atoms with Crippen molar-refractivity contribution >= 4 is 0 Å². The Balaban J connectivity index is 0. The maximum absolute atomic E-state index is 9.24. The van der Waals surface area contributed by atoms with Gasteiger partial charge in [0, 0.05) is 7.11 Å². The van der Waals surface area contributed by atoms with Gasteiger partial charge in [-0.15, -0.1) is 0 Å². The fraction of sp³-hybridized carbons (Fsp3) is 1.00. The summed E-state index contributed by atoms with van der Waals surface area (Å²) in [6.45, 7) is 24.1. The van der Waals surface area contributed by atoms with Gasteiger partial charge >= 0.3 is 0 Å². The zero-order valence-corrected chi connectivity index (χ0v) is 34.4. The highest BCUT2D eigenvalue weighted by atomic mass is 16.6. The van der Waals surface area contributed by atoms with Crippen molar-refractivity contribution in [3.63, 3.8) is 0 Å². The highest BCUT2D eigenvalue weighted by molar-refractivity contribution is 4.59. The van der Waals surface area contributed by atoms with Crippen LogP contribution >= 0.6 is 0 Å². The lowest BCUT2D eigenvalue weighted by atomic mass is 10.3. The minimum absolute atomic E-state index is 0.000849. The second kappa shape index (κ2) is 41.0. The minimum atomic E-state index is -0.478. The Morgan fingerprint density at radius 2 is 0.585 bits per heavy atom. The second-order valence-electron chi connectivity index (χ2n) is 12.8. The minimum Gasteiger partial charge on any atom is -0.394 e. The van der Waals surface area contributed by atoms with Crippen molar-refractivity contribution in [2.24, 2.45) is 0 Å². The summed E-state index contributed by atoms with van der Waals surface area (Å²) in [6.07, 6.45) is -1.07. The molecule has 0 heterocycles. The van der Waals surface area contributed by atoms with E-state index in [1.807, 2.05) is 48.5 Å². The van der Waals surface area contributed by atoms with Crippen molar-refractivity contribution in [2.75, 3.05) is 139 Å². The predicted octanol–water partition coefficient (Wildman–Crippen LogP) is 1.90. The molecule has 0 spiro atoms. The zero-order chi connectivity index (χ0) is 40.0. The van der Waals surface area contributed by atoms with E-state index in [4.69, 9.17) is 71.8 Å². The molecule has 53 heavy (non-hydrogen) atoms. The Kier molecular flexibility index (Phi) is 42.1. The molecule has 16 heteroatoms. The molecular weight excluding hydrogens is 700 g/mol. The number of rotatable bonds is 39. The van der Waals surface area contributed by atoms with Crippen LogP contribution in [0.25, 0.3) is 0 Å². The van der Waals surface area contributed by atoms with Crippen molar-refractivity contribution in [3.8, 4) is 0 Å². The fourth-order valence-corrected chi connectivity index (χ4v) is 3.63. The summed E-state index contributed by atoms with van der Waals surface area (Å²) in [5.41, 5.74) is 0. The van der Waals surface area contributed by atoms with Crippen LogP contribution in [0.3, 0.4) is 0 Å². The van der Waals surface area contributed by atoms with Gasteiger partial charge in [-0.25, -0.2) is 0 Å². The third-order valence-electron chi connectivity index (χ3n) is 6.73. The smallest absolute Gasteiger partial charge is 0.0781 e. The predicted molar refractivity (Wildman–Crippen MR) is 200 cm³/mol. The van der Waals surface area contributed by atoms with Crippen molar-refractivity contribution in [2.45, 2.75) is 104 Å². The average molecular weight is 779 g/mol. The molecule has 0 aliphatic rings. The van der Waals surface area contributed by atoms with Gasteiger partial charge in [0.15, 0.2) is 0 Å². The average Bonchev–Trinajstić information content (AvgIpc) is 3.14. The highest BCUT2D eigenvalue weighted by Crippen LogP contribution is 2.05. The molecule has 0 amide bonds. The number of hydrogen-bond acceptors (Lipinski definition) is 16. The Morgan fingerprint density at radius 3 is 0.830 bits per heavy atom. The lowest BCUT2D eigenvalue weighted by Crippen LogP contribution is -2.30. The van der Waals surface area contributed by atoms with Gasteiger partial charge in [0.05, 0.1) is 181 Å². The molecule has 0 aliphatic carbocycles. The molecule has 0 radical (unpaired) electrons. The molecule has 322 valence electrons. The van der Waals surface area contributed by atoms with Gasteiger partial charge in [-0.1, -0.05) is 0 Å². The van der Waals surface area contributed by atoms with Gasteiger partial charge in [-0.2, -0.15) is 0 Å². The lowest BCUT2D eigenvalue weighted by molar-refractivity contribution is -0.108. The van der Waals surface area contributed by atoms with Gasteiger partial charge in [0.1, 0.15) is 0 Å². The summed E-state index contributed by atoms with van der Waals surface area (Å²) in [5.74, 6) is 0. The van der Waals surface area contributed by atoms with E-state index >= 15 is 0 Å². The molecule has 0 saturated heterocycles. The number of aliphatic hydroxyl groups is 3. The van der Waals surface area contributed by atoms with E-state index in [1.165, 1.54) is 0 Å². The molecule has 16 nitrogen and oxygen atoms in total. The van der Waals surface area contributed by atoms with Crippen LogP contribution in [0.1, 0.15) is 55.4 Å². The lowest BCUT2D eigenvalue weighted by Gasteiger charge is -2.22. The number of hydrogen-bond donors (Lipinski definition) is 3. The van der Waals surface area contributed by atoms with E-state index in [0.717, 1.165) is 0 Å². The van der Waals surface area contributed by atoms with Gasteiger partial charge in [0.2, 0.25) is 0 Å². The van der Waals surface area contributed by atoms with E-state index in [-0.39, 0.29) is 55.9 Å². The fourth-order valence-electron chi connectivity index (χ4n) is 3.63. The molecule has 0 saturated carbocycles. The Morgan fingerprint density at radius 1 is 0.340 bits per heavy atom. The summed E-state index contributed by atoms with van der Waals surface area (Å²) in [6, 6.07) is 0. The third-order valence-corrected chi connectivity index (χ3v) is 6.73. The first-order chi connectivity index (χ1) is 25.4. The van der Waals surface area contributed by atoms with Crippen LogP contribution in [0.2, 0.25) is 0 Å². The monoisotopic (exact) mass is 779 g/mol. The molecule has 0 rings (SSSR count). The van der Waals surface area contributed by atoms with E-state index in [0.29, 0.717) is 119 Å². The summed E-state index contributed by atoms with van der Waals surface area (Å²) >= 11 is 0. The topological polar surface area (TPSA) is 181 Å². The maximum Gasteiger partial charge on any atom is 0.0781 e. The normalized spacial score (nSPS) is 16.3. The largest absolute Gasteiger partial charge is 0.394 e. The third kappa shape index (κ3) is 43.9. The highest BCUT2D eigenvalue weighted by Gasteiger charge is 2.14. The zero-order valence-electron chi connectivity index (χ0n) is 34.4. The number of methoxy groups -OCH3 is 1. The van der Waals surface area contributed by atoms with Crippen molar-refractivity contribution in [3.05, 3.63) is 0 Å². The van der Waals surface area contributed by atoms with Crippen molar-refractivity contribution < 1.29 is 76.9 Å². The molecule has 0 fully saturated rings. The first-order valence-corrected chi connectivity index (χ1v) is 19.0. The molecule has 0 aliphatic heterocycles. The quantitative estimate of drug-likeness (QED) is 0.0770. The van der Waals surface area contributed by atoms with Crippen molar-refractivity contribution in [1.29, 1.82) is 0 Å². The van der Waals surface area contributed by atoms with Gasteiger partial charge < -0.3 is 76.9 Å². The van der Waals surface area contributed by atoms with Crippen LogP contribution in [0, 0.1) is 0 Å². The van der Waals surface area contributed by atoms with Crippen LogP contribution in [0.5, 0.6) is 0 Å². The van der Waals surface area contributed by atoms with Crippen molar-refractivity contribution in [1.82, 2.24) is 0 Å². The van der Waals surface area contributed by atoms with Crippen LogP contribution in [-0.2, 0) is 61.6 Å². The molecular formula is C37H78O16. The second-order valence-corrected chi connectivity index (χ2v) is 12.8. The van der Waals surface area contributed by atoms with Crippen LogP contribution in [-0.4, -0.2) is 203 Å². The Bertz CT molecular complexity index is 692. The first kappa shape index (κ1) is 54.5. The molecule has 0 bridgehead atoms. The molecule has 0 aromatic carbocycles. The van der Waals surface area contributed by atoms with E-state index in [1.54, 1.807) is 14.0 Å². The number of aliphatic hydroxyl groups excluding tert-OH is 3. The van der Waals surface area contributed by atoms with E-state index < -0.39 is 6.10 Å². The molecule has 8 unspecified atom stereocenters. The standard InChI is InChI=1S/C24H50O9.C13H28O7/c1-17(26)10-27-19(3)12-29-21(5)14-31-23(7)16-33-24(8)15-32-22(6)13-30-20(4)11-28-18(2)9-25;1-15-4-5-17-8-9-19-12-13-20-11-10-18-7-6-16-3-2-14/h17-26H,9-16H2,1-8H3;14H,2-13H2,1H3. The van der Waals surface area contributed by atoms with E-state index in [9.17, 15) is 5.11 Å².